The van der Waals surface area contributed by atoms with Crippen molar-refractivity contribution in [2.75, 3.05) is 6.61 Å². The minimum Gasteiger partial charge on any atom is -0.486 e. The molecule has 2 N–H and O–H groups in total. The molecule has 0 aliphatic heterocycles. The third-order valence-corrected chi connectivity index (χ3v) is 2.65. The fourth-order valence-corrected chi connectivity index (χ4v) is 1.88. The van der Waals surface area contributed by atoms with Gasteiger partial charge in [0.2, 0.25) is 0 Å². The van der Waals surface area contributed by atoms with E-state index in [0.717, 1.165) is 6.07 Å². The van der Waals surface area contributed by atoms with Gasteiger partial charge < -0.3 is 15.2 Å². The van der Waals surface area contributed by atoms with E-state index in [1.165, 1.54) is 12.1 Å². The number of aldehydes is 1. The summed E-state index contributed by atoms with van der Waals surface area (Å²) in [7, 11) is 0. The number of halogens is 1. The van der Waals surface area contributed by atoms with Crippen LogP contribution in [0.2, 0.25) is 0 Å². The summed E-state index contributed by atoms with van der Waals surface area (Å²) in [5, 5.41) is 0. The van der Waals surface area contributed by atoms with Crippen LogP contribution in [-0.2, 0) is 4.74 Å². The first-order chi connectivity index (χ1) is 9.71. The van der Waals surface area contributed by atoms with Gasteiger partial charge in [0.05, 0.1) is 5.56 Å². The van der Waals surface area contributed by atoms with E-state index < -0.39 is 18.0 Å². The summed E-state index contributed by atoms with van der Waals surface area (Å²) < 4.78 is 23.7. The maximum absolute atomic E-state index is 13.3. The quantitative estimate of drug-likeness (QED) is 0.819. The number of hydrogen-bond donors (Lipinski definition) is 1. The van der Waals surface area contributed by atoms with Gasteiger partial charge in [-0.3, -0.25) is 4.79 Å². The molecular weight excluding hydrogens is 277 g/mol. The van der Waals surface area contributed by atoms with E-state index in [1.54, 1.807) is 0 Å². The molecule has 0 saturated heterocycles. The second-order valence-electron chi connectivity index (χ2n) is 5.93. The molecule has 0 radical (unpaired) electrons. The highest BCUT2D eigenvalue weighted by Gasteiger charge is 2.22. The van der Waals surface area contributed by atoms with Crippen LogP contribution in [0, 0.1) is 11.2 Å². The molecule has 116 valence electrons. The van der Waals surface area contributed by atoms with Crippen LogP contribution in [0.4, 0.5) is 9.18 Å². The number of carbonyl (C=O) groups excluding carboxylic acids is 2. The minimum atomic E-state index is -0.910. The van der Waals surface area contributed by atoms with E-state index in [4.69, 9.17) is 15.2 Å². The number of primary amides is 1. The SMILES string of the molecule is CC(C)(C)C[C@@H](COC(N)=O)Oc1cc(F)ccc1C=O. The summed E-state index contributed by atoms with van der Waals surface area (Å²) in [6, 6.07) is 3.64. The van der Waals surface area contributed by atoms with Crippen molar-refractivity contribution in [3.63, 3.8) is 0 Å². The number of carbonyl (C=O) groups is 2. The predicted octanol–water partition coefficient (Wildman–Crippen LogP) is 2.92. The van der Waals surface area contributed by atoms with Crippen molar-refractivity contribution in [2.24, 2.45) is 11.1 Å². The van der Waals surface area contributed by atoms with Gasteiger partial charge in [-0.2, -0.15) is 0 Å². The molecule has 0 saturated carbocycles. The molecule has 1 aromatic carbocycles. The lowest BCUT2D eigenvalue weighted by atomic mass is 9.89. The molecule has 6 heteroatoms. The van der Waals surface area contributed by atoms with Crippen LogP contribution >= 0.6 is 0 Å². The van der Waals surface area contributed by atoms with Gasteiger partial charge in [-0.05, 0) is 24.0 Å². The summed E-state index contributed by atoms with van der Waals surface area (Å²) >= 11 is 0. The highest BCUT2D eigenvalue weighted by molar-refractivity contribution is 5.79. The Morgan fingerprint density at radius 1 is 1.43 bits per heavy atom. The van der Waals surface area contributed by atoms with E-state index in [9.17, 15) is 14.0 Å². The van der Waals surface area contributed by atoms with Crippen molar-refractivity contribution in [3.8, 4) is 5.75 Å². The third kappa shape index (κ3) is 6.25. The molecule has 5 nitrogen and oxygen atoms in total. The summed E-state index contributed by atoms with van der Waals surface area (Å²) in [4.78, 5) is 21.7. The number of rotatable bonds is 6. The highest BCUT2D eigenvalue weighted by atomic mass is 19.1. The van der Waals surface area contributed by atoms with Crippen molar-refractivity contribution in [1.82, 2.24) is 0 Å². The van der Waals surface area contributed by atoms with E-state index in [-0.39, 0.29) is 23.3 Å². The summed E-state index contributed by atoms with van der Waals surface area (Å²) in [5.41, 5.74) is 5.07. The number of ether oxygens (including phenoxy) is 2. The molecular formula is C15H20FNO4. The Morgan fingerprint density at radius 3 is 2.62 bits per heavy atom. The van der Waals surface area contributed by atoms with E-state index in [1.807, 2.05) is 20.8 Å². The molecule has 21 heavy (non-hydrogen) atoms. The summed E-state index contributed by atoms with van der Waals surface area (Å²) in [6.45, 7) is 5.89. The second kappa shape index (κ2) is 7.06. The minimum absolute atomic E-state index is 0.0680. The van der Waals surface area contributed by atoms with Crippen LogP contribution < -0.4 is 10.5 Å². The number of amides is 1. The van der Waals surface area contributed by atoms with Crippen LogP contribution in [-0.4, -0.2) is 25.1 Å². The molecule has 0 aliphatic carbocycles. The Bertz CT molecular complexity index is 511. The molecule has 0 bridgehead atoms. The van der Waals surface area contributed by atoms with E-state index in [0.29, 0.717) is 12.7 Å². The Hall–Kier alpha value is -2.11. The average molecular weight is 297 g/mol. The standard InChI is InChI=1S/C15H20FNO4/c1-15(2,3)7-12(9-20-14(17)19)21-13-6-11(16)5-4-10(13)8-18/h4-6,8,12H,7,9H2,1-3H3,(H2,17,19)/t12-/m0/s1. The van der Waals surface area contributed by atoms with Gasteiger partial charge in [-0.25, -0.2) is 9.18 Å². The lowest BCUT2D eigenvalue weighted by molar-refractivity contribution is 0.0622. The predicted molar refractivity (Wildman–Crippen MR) is 75.8 cm³/mol. The first-order valence-electron chi connectivity index (χ1n) is 6.55. The molecule has 0 spiro atoms. The van der Waals surface area contributed by atoms with Crippen LogP contribution in [0.5, 0.6) is 5.75 Å². The fourth-order valence-electron chi connectivity index (χ4n) is 1.88. The van der Waals surface area contributed by atoms with Gasteiger partial charge in [-0.1, -0.05) is 20.8 Å². The van der Waals surface area contributed by atoms with Gasteiger partial charge in [0.25, 0.3) is 0 Å². The Morgan fingerprint density at radius 2 is 2.10 bits per heavy atom. The monoisotopic (exact) mass is 297 g/mol. The summed E-state index contributed by atoms with van der Waals surface area (Å²) in [6.07, 6.45) is -0.321. The zero-order valence-corrected chi connectivity index (χ0v) is 12.4. The van der Waals surface area contributed by atoms with Gasteiger partial charge in [-0.15, -0.1) is 0 Å². The Kier molecular flexibility index (Phi) is 5.69. The molecule has 0 fully saturated rings. The smallest absolute Gasteiger partial charge is 0.404 e. The molecule has 0 heterocycles. The van der Waals surface area contributed by atoms with Crippen LogP contribution in [0.25, 0.3) is 0 Å². The molecule has 1 atom stereocenters. The van der Waals surface area contributed by atoms with Crippen molar-refractivity contribution >= 4 is 12.4 Å². The molecule has 0 aliphatic rings. The Labute approximate surface area is 123 Å². The maximum Gasteiger partial charge on any atom is 0.404 e. The van der Waals surface area contributed by atoms with Crippen molar-refractivity contribution in [2.45, 2.75) is 33.3 Å². The van der Waals surface area contributed by atoms with Gasteiger partial charge >= 0.3 is 6.09 Å². The van der Waals surface area contributed by atoms with Gasteiger partial charge in [0, 0.05) is 6.07 Å². The lowest BCUT2D eigenvalue weighted by Crippen LogP contribution is -2.31. The normalized spacial score (nSPS) is 12.6. The molecule has 0 unspecified atom stereocenters. The van der Waals surface area contributed by atoms with E-state index >= 15 is 0 Å². The Balaban J connectivity index is 2.91. The topological polar surface area (TPSA) is 78.6 Å². The van der Waals surface area contributed by atoms with Crippen molar-refractivity contribution in [1.29, 1.82) is 0 Å². The second-order valence-corrected chi connectivity index (χ2v) is 5.93. The van der Waals surface area contributed by atoms with Crippen LogP contribution in [0.15, 0.2) is 18.2 Å². The van der Waals surface area contributed by atoms with Crippen molar-refractivity contribution < 1.29 is 23.5 Å². The zero-order valence-electron chi connectivity index (χ0n) is 12.4. The lowest BCUT2D eigenvalue weighted by Gasteiger charge is -2.26. The number of benzene rings is 1. The van der Waals surface area contributed by atoms with E-state index in [2.05, 4.69) is 0 Å². The van der Waals surface area contributed by atoms with Crippen molar-refractivity contribution in [3.05, 3.63) is 29.6 Å². The summed E-state index contributed by atoms with van der Waals surface area (Å²) in [5.74, 6) is -0.395. The van der Waals surface area contributed by atoms with Gasteiger partial charge in [0.1, 0.15) is 24.3 Å². The first kappa shape index (κ1) is 16.9. The molecule has 0 aromatic heterocycles. The average Bonchev–Trinajstić information content (AvgIpc) is 2.34. The molecule has 1 rings (SSSR count). The zero-order chi connectivity index (χ0) is 16.0. The van der Waals surface area contributed by atoms with Gasteiger partial charge in [0.15, 0.2) is 6.29 Å². The highest BCUT2D eigenvalue weighted by Crippen LogP contribution is 2.26. The third-order valence-electron chi connectivity index (χ3n) is 2.65. The van der Waals surface area contributed by atoms with Crippen LogP contribution in [0.1, 0.15) is 37.6 Å². The largest absolute Gasteiger partial charge is 0.486 e. The molecule has 1 aromatic rings. The fraction of sp³-hybridized carbons (Fsp3) is 0.467. The molecule has 1 amide bonds. The number of hydrogen-bond acceptors (Lipinski definition) is 4. The van der Waals surface area contributed by atoms with Crippen LogP contribution in [0.3, 0.4) is 0 Å². The first-order valence-corrected chi connectivity index (χ1v) is 6.55. The maximum atomic E-state index is 13.3. The number of nitrogens with two attached hydrogens (primary N) is 1.